The Morgan fingerprint density at radius 1 is 1.28 bits per heavy atom. The van der Waals surface area contributed by atoms with Gasteiger partial charge in [-0.1, -0.05) is 44.2 Å². The minimum absolute atomic E-state index is 0.0744. The second-order valence-electron chi connectivity index (χ2n) is 7.37. The number of hydrogen-bond acceptors (Lipinski definition) is 4. The van der Waals surface area contributed by atoms with Gasteiger partial charge in [0, 0.05) is 0 Å². The van der Waals surface area contributed by atoms with Crippen molar-refractivity contribution in [3.63, 3.8) is 0 Å². The molecule has 0 spiro atoms. The molecule has 1 aliphatic rings. The number of carbonyl (C=O) groups is 2. The molecule has 1 heterocycles. The molecule has 0 aliphatic carbocycles. The summed E-state index contributed by atoms with van der Waals surface area (Å²) in [7, 11) is 0. The summed E-state index contributed by atoms with van der Waals surface area (Å²) in [5, 5.41) is 3.14. The van der Waals surface area contributed by atoms with E-state index >= 15 is 0 Å². The smallest absolute Gasteiger partial charge is 0.240 e. The number of rotatable bonds is 6. The molecule has 0 radical (unpaired) electrons. The first kappa shape index (κ1) is 19.6. The standard InChI is InChI=1S/C20H31N3O2/c1-14(2)12-17(21)20(25)23(15(3)16-8-5-4-6-9-16)18-10-7-11-22-13-19(18)24/h4-6,8-9,14-15,17-18,22H,7,10-13,21H2,1-3H3/t15?,17-,18?/m0/s1. The van der Waals surface area contributed by atoms with Gasteiger partial charge in [-0.2, -0.15) is 0 Å². The van der Waals surface area contributed by atoms with Crippen LogP contribution in [0.5, 0.6) is 0 Å². The Bertz CT molecular complexity index is 574. The van der Waals surface area contributed by atoms with E-state index in [0.29, 0.717) is 25.3 Å². The van der Waals surface area contributed by atoms with Gasteiger partial charge < -0.3 is 16.0 Å². The molecule has 1 aromatic rings. The van der Waals surface area contributed by atoms with Crippen molar-refractivity contribution in [2.75, 3.05) is 13.1 Å². The normalized spacial score (nSPS) is 20.8. The third-order valence-corrected chi connectivity index (χ3v) is 4.83. The van der Waals surface area contributed by atoms with Crippen LogP contribution in [0.25, 0.3) is 0 Å². The Kier molecular flexibility index (Phi) is 7.14. The Morgan fingerprint density at radius 3 is 2.60 bits per heavy atom. The maximum atomic E-state index is 13.2. The predicted molar refractivity (Wildman–Crippen MR) is 100 cm³/mol. The van der Waals surface area contributed by atoms with Crippen LogP contribution in [0.4, 0.5) is 0 Å². The van der Waals surface area contributed by atoms with Gasteiger partial charge in [-0.15, -0.1) is 0 Å². The molecule has 1 aliphatic heterocycles. The number of ketones is 1. The molecule has 0 aromatic heterocycles. The lowest BCUT2D eigenvalue weighted by molar-refractivity contribution is -0.143. The number of benzene rings is 1. The molecule has 1 aromatic carbocycles. The monoisotopic (exact) mass is 345 g/mol. The molecular weight excluding hydrogens is 314 g/mol. The number of Topliss-reactive ketones (excluding diaryl/α,β-unsaturated/α-hetero) is 1. The van der Waals surface area contributed by atoms with Crippen LogP contribution >= 0.6 is 0 Å². The zero-order valence-electron chi connectivity index (χ0n) is 15.6. The summed E-state index contributed by atoms with van der Waals surface area (Å²) in [4.78, 5) is 27.6. The molecule has 0 bridgehead atoms. The number of nitrogens with two attached hydrogens (primary N) is 1. The van der Waals surface area contributed by atoms with Gasteiger partial charge in [0.15, 0.2) is 5.78 Å². The van der Waals surface area contributed by atoms with Crippen LogP contribution in [0.2, 0.25) is 0 Å². The largest absolute Gasteiger partial charge is 0.324 e. The average Bonchev–Trinajstić information content (AvgIpc) is 2.80. The zero-order valence-corrected chi connectivity index (χ0v) is 15.6. The van der Waals surface area contributed by atoms with Crippen molar-refractivity contribution in [3.05, 3.63) is 35.9 Å². The zero-order chi connectivity index (χ0) is 18.4. The van der Waals surface area contributed by atoms with E-state index in [1.807, 2.05) is 37.3 Å². The number of amides is 1. The minimum Gasteiger partial charge on any atom is -0.324 e. The predicted octanol–water partition coefficient (Wildman–Crippen LogP) is 2.27. The van der Waals surface area contributed by atoms with Crippen molar-refractivity contribution in [2.45, 2.75) is 58.2 Å². The molecule has 2 unspecified atom stereocenters. The van der Waals surface area contributed by atoms with E-state index in [0.717, 1.165) is 18.5 Å². The fraction of sp³-hybridized carbons (Fsp3) is 0.600. The van der Waals surface area contributed by atoms with Crippen LogP contribution in [-0.4, -0.2) is 41.8 Å². The lowest BCUT2D eigenvalue weighted by Gasteiger charge is -2.37. The fourth-order valence-electron chi connectivity index (χ4n) is 3.51. The molecule has 3 atom stereocenters. The lowest BCUT2D eigenvalue weighted by Crippen LogP contribution is -2.53. The summed E-state index contributed by atoms with van der Waals surface area (Å²) < 4.78 is 0. The highest BCUT2D eigenvalue weighted by atomic mass is 16.2. The van der Waals surface area contributed by atoms with Gasteiger partial charge in [-0.25, -0.2) is 0 Å². The van der Waals surface area contributed by atoms with E-state index in [2.05, 4.69) is 19.2 Å². The van der Waals surface area contributed by atoms with Crippen molar-refractivity contribution in [3.8, 4) is 0 Å². The van der Waals surface area contributed by atoms with Crippen LogP contribution in [0.15, 0.2) is 30.3 Å². The minimum atomic E-state index is -0.574. The summed E-state index contributed by atoms with van der Waals surface area (Å²) in [6, 6.07) is 8.70. The molecule has 5 heteroatoms. The number of nitrogens with one attached hydrogen (secondary N) is 1. The number of hydrogen-bond donors (Lipinski definition) is 2. The van der Waals surface area contributed by atoms with Gasteiger partial charge in [0.25, 0.3) is 0 Å². The average molecular weight is 345 g/mol. The first-order chi connectivity index (χ1) is 11.9. The molecule has 1 saturated heterocycles. The van der Waals surface area contributed by atoms with Gasteiger partial charge in [0.05, 0.1) is 24.7 Å². The van der Waals surface area contributed by atoms with Crippen molar-refractivity contribution < 1.29 is 9.59 Å². The van der Waals surface area contributed by atoms with Crippen LogP contribution in [0.3, 0.4) is 0 Å². The van der Waals surface area contributed by atoms with Crippen molar-refractivity contribution in [2.24, 2.45) is 11.7 Å². The molecule has 5 nitrogen and oxygen atoms in total. The molecule has 0 saturated carbocycles. The summed E-state index contributed by atoms with van der Waals surface area (Å²) in [5.41, 5.74) is 7.23. The van der Waals surface area contributed by atoms with Crippen molar-refractivity contribution in [1.29, 1.82) is 0 Å². The van der Waals surface area contributed by atoms with Gasteiger partial charge in [-0.3, -0.25) is 9.59 Å². The van der Waals surface area contributed by atoms with E-state index in [1.54, 1.807) is 4.90 Å². The van der Waals surface area contributed by atoms with E-state index < -0.39 is 12.1 Å². The van der Waals surface area contributed by atoms with Crippen LogP contribution < -0.4 is 11.1 Å². The van der Waals surface area contributed by atoms with Crippen LogP contribution in [0.1, 0.15) is 51.6 Å². The van der Waals surface area contributed by atoms with Crippen molar-refractivity contribution >= 4 is 11.7 Å². The van der Waals surface area contributed by atoms with E-state index in [9.17, 15) is 9.59 Å². The van der Waals surface area contributed by atoms with Crippen LogP contribution in [-0.2, 0) is 9.59 Å². The third kappa shape index (κ3) is 5.13. The Balaban J connectivity index is 2.33. The van der Waals surface area contributed by atoms with Gasteiger partial charge in [-0.05, 0) is 44.2 Å². The molecule has 1 amide bonds. The lowest BCUT2D eigenvalue weighted by atomic mass is 9.96. The molecule has 3 N–H and O–H groups in total. The highest BCUT2D eigenvalue weighted by Crippen LogP contribution is 2.27. The molecule has 2 rings (SSSR count). The molecule has 1 fully saturated rings. The van der Waals surface area contributed by atoms with Gasteiger partial charge in [0.2, 0.25) is 5.91 Å². The topological polar surface area (TPSA) is 75.4 Å². The van der Waals surface area contributed by atoms with Crippen molar-refractivity contribution in [1.82, 2.24) is 10.2 Å². The summed E-state index contributed by atoms with van der Waals surface area (Å²) in [6.07, 6.45) is 2.18. The van der Waals surface area contributed by atoms with E-state index in [1.165, 1.54) is 0 Å². The Labute approximate surface area is 151 Å². The molecule has 25 heavy (non-hydrogen) atoms. The first-order valence-electron chi connectivity index (χ1n) is 9.28. The summed E-state index contributed by atoms with van der Waals surface area (Å²) in [6.45, 7) is 7.22. The quantitative estimate of drug-likeness (QED) is 0.829. The molecule has 138 valence electrons. The maximum absolute atomic E-state index is 13.2. The second kappa shape index (κ2) is 9.11. The second-order valence-corrected chi connectivity index (χ2v) is 7.37. The third-order valence-electron chi connectivity index (χ3n) is 4.83. The van der Waals surface area contributed by atoms with Gasteiger partial charge >= 0.3 is 0 Å². The SMILES string of the molecule is CC(C)C[C@H](N)C(=O)N(C1CCCNCC1=O)C(C)c1ccccc1. The summed E-state index contributed by atoms with van der Waals surface area (Å²) >= 11 is 0. The maximum Gasteiger partial charge on any atom is 0.240 e. The van der Waals surface area contributed by atoms with E-state index in [4.69, 9.17) is 5.73 Å². The van der Waals surface area contributed by atoms with E-state index in [-0.39, 0.29) is 17.7 Å². The van der Waals surface area contributed by atoms with Crippen LogP contribution in [0, 0.1) is 5.92 Å². The highest BCUT2D eigenvalue weighted by molar-refractivity contribution is 5.92. The highest BCUT2D eigenvalue weighted by Gasteiger charge is 2.36. The Hall–Kier alpha value is -1.72. The first-order valence-corrected chi connectivity index (χ1v) is 9.28. The van der Waals surface area contributed by atoms with Gasteiger partial charge in [0.1, 0.15) is 0 Å². The Morgan fingerprint density at radius 2 is 1.96 bits per heavy atom. The fourth-order valence-corrected chi connectivity index (χ4v) is 3.51. The molecular formula is C20H31N3O2. The number of carbonyl (C=O) groups excluding carboxylic acids is 2. The number of nitrogens with zero attached hydrogens (tertiary/aromatic N) is 1. The summed E-state index contributed by atoms with van der Waals surface area (Å²) in [5.74, 6) is 0.287.